The number of halogens is 2. The SMILES string of the molecule is Cc1c([C@H](C)NC(=O)COc2ccc(Br)cc2Cl)cnn1C. The zero-order valence-corrected chi connectivity index (χ0v) is 14.9. The van der Waals surface area contributed by atoms with Gasteiger partial charge in [0.1, 0.15) is 5.75 Å². The van der Waals surface area contributed by atoms with Crippen molar-refractivity contribution in [2.45, 2.75) is 19.9 Å². The van der Waals surface area contributed by atoms with Gasteiger partial charge in [0, 0.05) is 22.8 Å². The number of carbonyl (C=O) groups excluding carboxylic acids is 1. The number of hydrogen-bond acceptors (Lipinski definition) is 3. The fourth-order valence-electron chi connectivity index (χ4n) is 2.04. The van der Waals surface area contributed by atoms with Gasteiger partial charge in [-0.05, 0) is 32.0 Å². The fraction of sp³-hybridized carbons (Fsp3) is 0.333. The molecule has 1 heterocycles. The molecule has 1 N–H and O–H groups in total. The lowest BCUT2D eigenvalue weighted by atomic mass is 10.1. The van der Waals surface area contributed by atoms with Crippen LogP contribution in [0.1, 0.15) is 24.2 Å². The number of aryl methyl sites for hydroxylation is 1. The van der Waals surface area contributed by atoms with E-state index in [9.17, 15) is 4.79 Å². The predicted molar refractivity (Wildman–Crippen MR) is 89.1 cm³/mol. The van der Waals surface area contributed by atoms with Gasteiger partial charge in [-0.1, -0.05) is 27.5 Å². The smallest absolute Gasteiger partial charge is 0.258 e. The van der Waals surface area contributed by atoms with Crippen LogP contribution < -0.4 is 10.1 Å². The number of amides is 1. The summed E-state index contributed by atoms with van der Waals surface area (Å²) in [5.41, 5.74) is 2.00. The van der Waals surface area contributed by atoms with Gasteiger partial charge in [0.05, 0.1) is 17.3 Å². The second-order valence-electron chi connectivity index (χ2n) is 4.96. The molecule has 0 aliphatic heterocycles. The van der Waals surface area contributed by atoms with E-state index in [0.717, 1.165) is 15.7 Å². The molecule has 0 unspecified atom stereocenters. The van der Waals surface area contributed by atoms with E-state index in [1.807, 2.05) is 20.9 Å². The lowest BCUT2D eigenvalue weighted by Gasteiger charge is -2.14. The maximum Gasteiger partial charge on any atom is 0.258 e. The first-order chi connectivity index (χ1) is 10.4. The Balaban J connectivity index is 1.91. The van der Waals surface area contributed by atoms with Gasteiger partial charge in [-0.25, -0.2) is 0 Å². The molecule has 0 spiro atoms. The molecule has 2 aromatic rings. The maximum absolute atomic E-state index is 12.0. The number of carbonyl (C=O) groups is 1. The number of nitrogens with zero attached hydrogens (tertiary/aromatic N) is 2. The van der Waals surface area contributed by atoms with Gasteiger partial charge in [-0.15, -0.1) is 0 Å². The van der Waals surface area contributed by atoms with E-state index in [0.29, 0.717) is 10.8 Å². The third kappa shape index (κ3) is 4.01. The Morgan fingerprint density at radius 1 is 1.55 bits per heavy atom. The summed E-state index contributed by atoms with van der Waals surface area (Å²) in [5.74, 6) is 0.264. The van der Waals surface area contributed by atoms with E-state index < -0.39 is 0 Å². The highest BCUT2D eigenvalue weighted by molar-refractivity contribution is 9.10. The molecule has 5 nitrogen and oxygen atoms in total. The van der Waals surface area contributed by atoms with Gasteiger partial charge in [-0.3, -0.25) is 9.48 Å². The number of rotatable bonds is 5. The molecule has 7 heteroatoms. The van der Waals surface area contributed by atoms with E-state index in [4.69, 9.17) is 16.3 Å². The van der Waals surface area contributed by atoms with Crippen LogP contribution in [0, 0.1) is 6.92 Å². The van der Waals surface area contributed by atoms with Crippen molar-refractivity contribution in [2.24, 2.45) is 7.05 Å². The van der Waals surface area contributed by atoms with Gasteiger partial charge in [0.2, 0.25) is 0 Å². The molecular formula is C15H17BrClN3O2. The Morgan fingerprint density at radius 3 is 2.86 bits per heavy atom. The summed E-state index contributed by atoms with van der Waals surface area (Å²) < 4.78 is 8.07. The monoisotopic (exact) mass is 385 g/mol. The number of aromatic nitrogens is 2. The van der Waals surface area contributed by atoms with Crippen molar-refractivity contribution >= 4 is 33.4 Å². The van der Waals surface area contributed by atoms with Gasteiger partial charge in [0.25, 0.3) is 5.91 Å². The zero-order chi connectivity index (χ0) is 16.3. The third-order valence-electron chi connectivity index (χ3n) is 3.37. The summed E-state index contributed by atoms with van der Waals surface area (Å²) in [5, 5.41) is 7.51. The van der Waals surface area contributed by atoms with Crippen LogP contribution in [-0.4, -0.2) is 22.3 Å². The van der Waals surface area contributed by atoms with Crippen LogP contribution in [-0.2, 0) is 11.8 Å². The molecule has 0 radical (unpaired) electrons. The van der Waals surface area contributed by atoms with Crippen LogP contribution in [0.15, 0.2) is 28.9 Å². The van der Waals surface area contributed by atoms with Crippen LogP contribution in [0.4, 0.5) is 0 Å². The van der Waals surface area contributed by atoms with E-state index in [2.05, 4.69) is 26.3 Å². The molecule has 1 aromatic carbocycles. The largest absolute Gasteiger partial charge is 0.482 e. The van der Waals surface area contributed by atoms with E-state index >= 15 is 0 Å². The molecule has 0 bridgehead atoms. The van der Waals surface area contributed by atoms with Crippen LogP contribution in [0.25, 0.3) is 0 Å². The topological polar surface area (TPSA) is 56.1 Å². The second-order valence-corrected chi connectivity index (χ2v) is 6.28. The minimum atomic E-state index is -0.213. The minimum Gasteiger partial charge on any atom is -0.482 e. The first-order valence-corrected chi connectivity index (χ1v) is 7.91. The van der Waals surface area contributed by atoms with Gasteiger partial charge in [0.15, 0.2) is 6.61 Å². The molecule has 0 saturated heterocycles. The zero-order valence-electron chi connectivity index (χ0n) is 12.6. The van der Waals surface area contributed by atoms with Gasteiger partial charge in [-0.2, -0.15) is 5.10 Å². The van der Waals surface area contributed by atoms with Crippen LogP contribution in [0.2, 0.25) is 5.02 Å². The number of nitrogens with one attached hydrogen (secondary N) is 1. The molecule has 2 rings (SSSR count). The van der Waals surface area contributed by atoms with Crippen LogP contribution >= 0.6 is 27.5 Å². The lowest BCUT2D eigenvalue weighted by Crippen LogP contribution is -2.31. The summed E-state index contributed by atoms with van der Waals surface area (Å²) in [7, 11) is 1.87. The minimum absolute atomic E-state index is 0.0923. The van der Waals surface area contributed by atoms with Crippen molar-refractivity contribution in [3.8, 4) is 5.75 Å². The molecule has 0 fully saturated rings. The Bertz CT molecular complexity index is 687. The molecule has 1 amide bonds. The molecule has 118 valence electrons. The van der Waals surface area contributed by atoms with Crippen molar-refractivity contribution in [1.82, 2.24) is 15.1 Å². The Hall–Kier alpha value is -1.53. The van der Waals surface area contributed by atoms with E-state index in [1.165, 1.54) is 0 Å². The van der Waals surface area contributed by atoms with Crippen molar-refractivity contribution in [1.29, 1.82) is 0 Å². The summed E-state index contributed by atoms with van der Waals surface area (Å²) in [4.78, 5) is 12.0. The number of benzene rings is 1. The average molecular weight is 387 g/mol. The molecule has 0 aliphatic rings. The van der Waals surface area contributed by atoms with Crippen molar-refractivity contribution < 1.29 is 9.53 Å². The highest BCUT2D eigenvalue weighted by atomic mass is 79.9. The summed E-state index contributed by atoms with van der Waals surface area (Å²) >= 11 is 9.36. The highest BCUT2D eigenvalue weighted by Crippen LogP contribution is 2.27. The van der Waals surface area contributed by atoms with E-state index in [-0.39, 0.29) is 18.6 Å². The first kappa shape index (κ1) is 16.8. The second kappa shape index (κ2) is 7.15. The summed E-state index contributed by atoms with van der Waals surface area (Å²) in [6.07, 6.45) is 1.76. The van der Waals surface area contributed by atoms with E-state index in [1.54, 1.807) is 29.1 Å². The molecule has 1 aromatic heterocycles. The highest BCUT2D eigenvalue weighted by Gasteiger charge is 2.15. The Labute approximate surface area is 142 Å². The Morgan fingerprint density at radius 2 is 2.27 bits per heavy atom. The predicted octanol–water partition coefficient (Wildman–Crippen LogP) is 3.40. The molecule has 22 heavy (non-hydrogen) atoms. The quantitative estimate of drug-likeness (QED) is 0.857. The Kier molecular flexibility index (Phi) is 5.47. The fourth-order valence-corrected chi connectivity index (χ4v) is 2.77. The van der Waals surface area contributed by atoms with Crippen molar-refractivity contribution in [2.75, 3.05) is 6.61 Å². The molecule has 1 atom stereocenters. The first-order valence-electron chi connectivity index (χ1n) is 6.74. The standard InChI is InChI=1S/C15H17BrClN3O2/c1-9(12-7-18-20(3)10(12)2)19-15(21)8-22-14-5-4-11(16)6-13(14)17/h4-7,9H,8H2,1-3H3,(H,19,21)/t9-/m0/s1. The normalized spacial score (nSPS) is 12.0. The third-order valence-corrected chi connectivity index (χ3v) is 4.16. The van der Waals surface area contributed by atoms with Crippen molar-refractivity contribution in [3.05, 3.63) is 45.1 Å². The lowest BCUT2D eigenvalue weighted by molar-refractivity contribution is -0.123. The maximum atomic E-state index is 12.0. The summed E-state index contributed by atoms with van der Waals surface area (Å²) in [6, 6.07) is 5.11. The van der Waals surface area contributed by atoms with Crippen molar-refractivity contribution in [3.63, 3.8) is 0 Å². The molecule has 0 saturated carbocycles. The average Bonchev–Trinajstić information content (AvgIpc) is 2.78. The number of hydrogen-bond donors (Lipinski definition) is 1. The summed E-state index contributed by atoms with van der Waals surface area (Å²) in [6.45, 7) is 3.78. The van der Waals surface area contributed by atoms with Gasteiger partial charge < -0.3 is 10.1 Å². The molecular weight excluding hydrogens is 370 g/mol. The van der Waals surface area contributed by atoms with Crippen LogP contribution in [0.5, 0.6) is 5.75 Å². The molecule has 0 aliphatic carbocycles. The number of ether oxygens (including phenoxy) is 1. The van der Waals surface area contributed by atoms with Crippen LogP contribution in [0.3, 0.4) is 0 Å². The van der Waals surface area contributed by atoms with Gasteiger partial charge >= 0.3 is 0 Å².